The van der Waals surface area contributed by atoms with Gasteiger partial charge in [0.25, 0.3) is 0 Å². The lowest BCUT2D eigenvalue weighted by molar-refractivity contribution is -0.137. The van der Waals surface area contributed by atoms with Crippen LogP contribution >= 0.6 is 0 Å². The molecule has 5 rings (SSSR count). The summed E-state index contributed by atoms with van der Waals surface area (Å²) in [6.07, 6.45) is -0.686. The van der Waals surface area contributed by atoms with Gasteiger partial charge in [0.05, 0.1) is 23.5 Å². The summed E-state index contributed by atoms with van der Waals surface area (Å²) in [4.78, 5) is 19.3. The Balaban J connectivity index is 1.60. The molecular weight excluding hydrogens is 445 g/mol. The number of rotatable bonds is 4. The first-order chi connectivity index (χ1) is 16.0. The van der Waals surface area contributed by atoms with E-state index in [-0.39, 0.29) is 24.0 Å². The highest BCUT2D eigenvalue weighted by Crippen LogP contribution is 2.46. The van der Waals surface area contributed by atoms with Crippen LogP contribution in [0, 0.1) is 6.92 Å². The SMILES string of the molecule is Cc1cc(C(F)(F)F)cc(C2(Cc3nc(=O)c(O)c4n3CCN(C(C)C)C3NC43)CCCC2)c1. The number of halogens is 3. The molecule has 6 nitrogen and oxygen atoms in total. The van der Waals surface area contributed by atoms with E-state index in [4.69, 9.17) is 0 Å². The number of alkyl halides is 3. The van der Waals surface area contributed by atoms with Crippen LogP contribution < -0.4 is 10.9 Å². The zero-order valence-corrected chi connectivity index (χ0v) is 19.7. The van der Waals surface area contributed by atoms with E-state index in [0.717, 1.165) is 32.2 Å². The third-order valence-electron chi connectivity index (χ3n) is 7.81. The van der Waals surface area contributed by atoms with Gasteiger partial charge in [0.2, 0.25) is 5.75 Å². The molecular formula is C25H31F3N4O2. The fourth-order valence-electron chi connectivity index (χ4n) is 6.06. The molecule has 1 aromatic carbocycles. The molecule has 2 fully saturated rings. The van der Waals surface area contributed by atoms with Crippen LogP contribution in [0.15, 0.2) is 23.0 Å². The molecule has 1 aromatic heterocycles. The average molecular weight is 477 g/mol. The highest BCUT2D eigenvalue weighted by atomic mass is 19.4. The monoisotopic (exact) mass is 476 g/mol. The molecule has 0 radical (unpaired) electrons. The molecule has 2 aromatic rings. The first-order valence-electron chi connectivity index (χ1n) is 12.0. The van der Waals surface area contributed by atoms with Crippen LogP contribution in [0.2, 0.25) is 0 Å². The first-order valence-corrected chi connectivity index (χ1v) is 12.0. The van der Waals surface area contributed by atoms with Crippen LogP contribution in [-0.2, 0) is 24.6 Å². The number of hydrogen-bond acceptors (Lipinski definition) is 5. The summed E-state index contributed by atoms with van der Waals surface area (Å²) in [5.74, 6) is 0.220. The Morgan fingerprint density at radius 3 is 2.56 bits per heavy atom. The largest absolute Gasteiger partial charge is 0.502 e. The van der Waals surface area contributed by atoms with Crippen LogP contribution in [0.4, 0.5) is 13.2 Å². The van der Waals surface area contributed by atoms with Gasteiger partial charge in [0, 0.05) is 31.0 Å². The van der Waals surface area contributed by atoms with Crippen LogP contribution in [-0.4, -0.2) is 38.3 Å². The van der Waals surface area contributed by atoms with Crippen molar-refractivity contribution >= 4 is 0 Å². The average Bonchev–Trinajstić information content (AvgIpc) is 3.40. The summed E-state index contributed by atoms with van der Waals surface area (Å²) < 4.78 is 42.8. The summed E-state index contributed by atoms with van der Waals surface area (Å²) in [5.41, 5.74) is -0.0429. The third-order valence-corrected chi connectivity index (χ3v) is 7.81. The van der Waals surface area contributed by atoms with Gasteiger partial charge in [-0.05, 0) is 51.3 Å². The van der Waals surface area contributed by atoms with Crippen molar-refractivity contribution in [2.45, 2.75) is 89.3 Å². The van der Waals surface area contributed by atoms with Gasteiger partial charge in [-0.1, -0.05) is 24.5 Å². The van der Waals surface area contributed by atoms with E-state index in [0.29, 0.717) is 35.6 Å². The lowest BCUT2D eigenvalue weighted by Gasteiger charge is -2.32. The van der Waals surface area contributed by atoms with Crippen molar-refractivity contribution in [3.05, 3.63) is 56.8 Å². The number of hydrogen-bond donors (Lipinski definition) is 2. The topological polar surface area (TPSA) is 80.3 Å². The maximum absolute atomic E-state index is 13.6. The van der Waals surface area contributed by atoms with Crippen LogP contribution in [0.3, 0.4) is 0 Å². The van der Waals surface area contributed by atoms with Gasteiger partial charge in [0.15, 0.2) is 0 Å². The fourth-order valence-corrected chi connectivity index (χ4v) is 6.06. The van der Waals surface area contributed by atoms with E-state index in [1.807, 2.05) is 10.6 Å². The molecule has 2 atom stereocenters. The maximum Gasteiger partial charge on any atom is 0.416 e. The van der Waals surface area contributed by atoms with Gasteiger partial charge in [0.1, 0.15) is 5.82 Å². The van der Waals surface area contributed by atoms with Crippen molar-refractivity contribution in [2.24, 2.45) is 0 Å². The molecule has 0 amide bonds. The molecule has 0 spiro atoms. The minimum atomic E-state index is -4.42. The Labute approximate surface area is 196 Å². The molecule has 184 valence electrons. The summed E-state index contributed by atoms with van der Waals surface area (Å²) >= 11 is 0. The normalized spacial score (nSPS) is 24.1. The predicted octanol–water partition coefficient (Wildman–Crippen LogP) is 4.03. The number of aromatic nitrogens is 2. The highest BCUT2D eigenvalue weighted by molar-refractivity contribution is 5.39. The second-order valence-corrected chi connectivity index (χ2v) is 10.4. The molecule has 3 aliphatic rings. The molecule has 1 aliphatic carbocycles. The Hall–Kier alpha value is -2.39. The number of nitrogens with one attached hydrogen (secondary N) is 1. The molecule has 2 N–H and O–H groups in total. The minimum absolute atomic E-state index is 0.0563. The summed E-state index contributed by atoms with van der Waals surface area (Å²) in [6.45, 7) is 7.20. The minimum Gasteiger partial charge on any atom is -0.502 e. The van der Waals surface area contributed by atoms with Crippen molar-refractivity contribution < 1.29 is 18.3 Å². The van der Waals surface area contributed by atoms with Crippen LogP contribution in [0.25, 0.3) is 0 Å². The molecule has 1 saturated heterocycles. The molecule has 2 unspecified atom stereocenters. The lowest BCUT2D eigenvalue weighted by atomic mass is 9.74. The number of nitrogens with zero attached hydrogens (tertiary/aromatic N) is 3. The van der Waals surface area contributed by atoms with Gasteiger partial charge in [-0.2, -0.15) is 18.2 Å². The smallest absolute Gasteiger partial charge is 0.416 e. The summed E-state index contributed by atoms with van der Waals surface area (Å²) in [5, 5.41) is 14.0. The molecule has 9 heteroatoms. The molecule has 1 saturated carbocycles. The van der Waals surface area contributed by atoms with Crippen molar-refractivity contribution in [3.63, 3.8) is 0 Å². The number of benzene rings is 1. The Kier molecular flexibility index (Phi) is 5.55. The van der Waals surface area contributed by atoms with E-state index in [1.54, 1.807) is 6.92 Å². The third kappa shape index (κ3) is 3.92. The zero-order chi connectivity index (χ0) is 24.4. The van der Waals surface area contributed by atoms with E-state index in [9.17, 15) is 23.1 Å². The van der Waals surface area contributed by atoms with Crippen molar-refractivity contribution in [1.82, 2.24) is 19.8 Å². The van der Waals surface area contributed by atoms with Gasteiger partial charge >= 0.3 is 11.7 Å². The second-order valence-electron chi connectivity index (χ2n) is 10.4. The first kappa shape index (κ1) is 23.4. The zero-order valence-electron chi connectivity index (χ0n) is 19.7. The lowest BCUT2D eigenvalue weighted by Crippen LogP contribution is -2.37. The number of aryl methyl sites for hydroxylation is 1. The Morgan fingerprint density at radius 2 is 1.91 bits per heavy atom. The quantitative estimate of drug-likeness (QED) is 0.652. The molecule has 2 aliphatic heterocycles. The van der Waals surface area contributed by atoms with Gasteiger partial charge in [-0.15, -0.1) is 0 Å². The van der Waals surface area contributed by atoms with Gasteiger partial charge in [-0.3, -0.25) is 15.0 Å². The second kappa shape index (κ2) is 8.09. The van der Waals surface area contributed by atoms with Crippen molar-refractivity contribution in [2.75, 3.05) is 6.54 Å². The number of aromatic hydroxyl groups is 1. The summed E-state index contributed by atoms with van der Waals surface area (Å²) in [6, 6.07) is 4.44. The van der Waals surface area contributed by atoms with E-state index in [2.05, 4.69) is 29.0 Å². The van der Waals surface area contributed by atoms with E-state index in [1.165, 1.54) is 12.1 Å². The molecule has 34 heavy (non-hydrogen) atoms. The molecule has 3 heterocycles. The van der Waals surface area contributed by atoms with E-state index < -0.39 is 22.7 Å². The highest BCUT2D eigenvalue weighted by Gasteiger charge is 2.49. The summed E-state index contributed by atoms with van der Waals surface area (Å²) in [7, 11) is 0. The van der Waals surface area contributed by atoms with Gasteiger partial charge in [-0.25, -0.2) is 0 Å². The fraction of sp³-hybridized carbons (Fsp3) is 0.600. The maximum atomic E-state index is 13.6. The number of fused-ring (bicyclic) bond motifs is 3. The van der Waals surface area contributed by atoms with Crippen molar-refractivity contribution in [1.29, 1.82) is 0 Å². The van der Waals surface area contributed by atoms with Gasteiger partial charge < -0.3 is 9.67 Å². The standard InChI is InChI=1S/C25H31F3N4O2/c1-14(2)31-8-9-32-18(29-23(34)21(33)20(32)19-22(31)30-19)13-24(6-4-5-7-24)16-10-15(3)11-17(12-16)25(26,27)28/h10-12,14,19,22,30,33H,4-9,13H2,1-3H3. The Bertz CT molecular complexity index is 1170. The Morgan fingerprint density at radius 1 is 1.21 bits per heavy atom. The van der Waals surface area contributed by atoms with Crippen molar-refractivity contribution in [3.8, 4) is 5.75 Å². The van der Waals surface area contributed by atoms with E-state index >= 15 is 0 Å². The molecule has 0 bridgehead atoms. The predicted molar refractivity (Wildman–Crippen MR) is 122 cm³/mol. The van der Waals surface area contributed by atoms with Crippen LogP contribution in [0.5, 0.6) is 5.75 Å². The van der Waals surface area contributed by atoms with Crippen LogP contribution in [0.1, 0.15) is 73.8 Å².